The molecule has 16 heavy (non-hydrogen) atoms. The molecular formula is C8H20N2O5S. The zero-order chi connectivity index (χ0) is 12.4. The summed E-state index contributed by atoms with van der Waals surface area (Å²) in [6, 6.07) is 0. The molecule has 1 heterocycles. The molecular weight excluding hydrogens is 236 g/mol. The van der Waals surface area contributed by atoms with Crippen LogP contribution in [0.5, 0.6) is 0 Å². The lowest BCUT2D eigenvalue weighted by atomic mass is 10.2. The SMILES string of the molecule is NCCC1CNCCO1.O=S(=O)(O)CCO. The number of aliphatic hydroxyl groups is 1. The predicted molar refractivity (Wildman–Crippen MR) is 59.8 cm³/mol. The summed E-state index contributed by atoms with van der Waals surface area (Å²) in [5.74, 6) is -0.576. The van der Waals surface area contributed by atoms with Gasteiger partial charge in [0, 0.05) is 13.1 Å². The summed E-state index contributed by atoms with van der Waals surface area (Å²) in [5, 5.41) is 11.1. The molecule has 1 atom stereocenters. The van der Waals surface area contributed by atoms with Crippen molar-refractivity contribution in [3.63, 3.8) is 0 Å². The minimum Gasteiger partial charge on any atom is -0.395 e. The van der Waals surface area contributed by atoms with Gasteiger partial charge >= 0.3 is 0 Å². The van der Waals surface area contributed by atoms with Crippen molar-refractivity contribution in [1.82, 2.24) is 5.32 Å². The molecule has 0 aromatic carbocycles. The van der Waals surface area contributed by atoms with Gasteiger partial charge in [0.2, 0.25) is 0 Å². The molecule has 0 radical (unpaired) electrons. The van der Waals surface area contributed by atoms with E-state index in [0.717, 1.165) is 32.7 Å². The number of nitrogens with two attached hydrogens (primary N) is 1. The average Bonchev–Trinajstić information content (AvgIpc) is 2.19. The Labute approximate surface area is 95.7 Å². The maximum Gasteiger partial charge on any atom is 0.267 e. The van der Waals surface area contributed by atoms with Crippen molar-refractivity contribution in [1.29, 1.82) is 0 Å². The monoisotopic (exact) mass is 256 g/mol. The molecule has 1 saturated heterocycles. The minimum atomic E-state index is -3.92. The van der Waals surface area contributed by atoms with Crippen LogP contribution < -0.4 is 11.1 Å². The van der Waals surface area contributed by atoms with E-state index in [1.165, 1.54) is 0 Å². The second-order valence-corrected chi connectivity index (χ2v) is 4.86. The summed E-state index contributed by atoms with van der Waals surface area (Å²) in [7, 11) is -3.92. The molecule has 0 saturated carbocycles. The minimum absolute atomic E-state index is 0.365. The average molecular weight is 256 g/mol. The maximum absolute atomic E-state index is 9.63. The summed E-state index contributed by atoms with van der Waals surface area (Å²) >= 11 is 0. The fourth-order valence-corrected chi connectivity index (χ4v) is 1.34. The van der Waals surface area contributed by atoms with E-state index in [1.807, 2.05) is 0 Å². The first-order chi connectivity index (χ1) is 7.49. The topological polar surface area (TPSA) is 122 Å². The van der Waals surface area contributed by atoms with Gasteiger partial charge in [-0.05, 0) is 13.0 Å². The fraction of sp³-hybridized carbons (Fsp3) is 1.00. The highest BCUT2D eigenvalue weighted by Gasteiger charge is 2.10. The van der Waals surface area contributed by atoms with Gasteiger partial charge in [-0.1, -0.05) is 0 Å². The van der Waals surface area contributed by atoms with E-state index in [-0.39, 0.29) is 0 Å². The lowest BCUT2D eigenvalue weighted by Gasteiger charge is -2.22. The normalized spacial score (nSPS) is 21.1. The Morgan fingerprint density at radius 2 is 2.19 bits per heavy atom. The lowest BCUT2D eigenvalue weighted by Crippen LogP contribution is -2.39. The largest absolute Gasteiger partial charge is 0.395 e. The maximum atomic E-state index is 9.63. The van der Waals surface area contributed by atoms with Crippen molar-refractivity contribution in [2.45, 2.75) is 12.5 Å². The van der Waals surface area contributed by atoms with E-state index >= 15 is 0 Å². The highest BCUT2D eigenvalue weighted by molar-refractivity contribution is 7.85. The Hall–Kier alpha value is -0.250. The quantitative estimate of drug-likeness (QED) is 0.437. The first-order valence-corrected chi connectivity index (χ1v) is 6.69. The molecule has 1 aliphatic heterocycles. The standard InChI is InChI=1S/C6H14N2O.C2H6O4S/c7-2-1-6-5-8-3-4-9-6;3-1-2-7(4,5)6/h6,8H,1-5,7H2;3H,1-2H2,(H,4,5,6). The molecule has 0 amide bonds. The fourth-order valence-electron chi connectivity index (χ4n) is 1.11. The van der Waals surface area contributed by atoms with Gasteiger partial charge in [0.1, 0.15) is 0 Å². The van der Waals surface area contributed by atoms with Gasteiger partial charge in [0.15, 0.2) is 0 Å². The summed E-state index contributed by atoms with van der Waals surface area (Å²) in [5.41, 5.74) is 5.35. The molecule has 98 valence electrons. The predicted octanol–water partition coefficient (Wildman–Crippen LogP) is -1.81. The van der Waals surface area contributed by atoms with Crippen LogP contribution in [0.15, 0.2) is 0 Å². The molecule has 0 bridgehead atoms. The Balaban J connectivity index is 0.000000293. The van der Waals surface area contributed by atoms with Crippen molar-refractivity contribution in [3.8, 4) is 0 Å². The smallest absolute Gasteiger partial charge is 0.267 e. The summed E-state index contributed by atoms with van der Waals surface area (Å²) < 4.78 is 32.5. The van der Waals surface area contributed by atoms with Crippen LogP contribution in [-0.4, -0.2) is 62.8 Å². The van der Waals surface area contributed by atoms with E-state index in [2.05, 4.69) is 5.32 Å². The molecule has 1 aliphatic rings. The molecule has 1 fully saturated rings. The van der Waals surface area contributed by atoms with E-state index in [9.17, 15) is 8.42 Å². The first-order valence-electron chi connectivity index (χ1n) is 5.08. The Morgan fingerprint density at radius 3 is 2.50 bits per heavy atom. The molecule has 7 nitrogen and oxygen atoms in total. The van der Waals surface area contributed by atoms with Crippen LogP contribution in [0.2, 0.25) is 0 Å². The molecule has 5 N–H and O–H groups in total. The van der Waals surface area contributed by atoms with Crippen molar-refractivity contribution in [2.75, 3.05) is 38.6 Å². The van der Waals surface area contributed by atoms with Crippen molar-refractivity contribution in [2.24, 2.45) is 5.73 Å². The molecule has 1 rings (SSSR count). The Bertz CT molecular complexity index is 248. The van der Waals surface area contributed by atoms with Gasteiger partial charge < -0.3 is 20.9 Å². The molecule has 0 spiro atoms. The van der Waals surface area contributed by atoms with Crippen LogP contribution in [0.4, 0.5) is 0 Å². The molecule has 1 unspecified atom stereocenters. The number of morpholine rings is 1. The van der Waals surface area contributed by atoms with Crippen molar-refractivity contribution < 1.29 is 22.8 Å². The number of rotatable bonds is 4. The van der Waals surface area contributed by atoms with Crippen molar-refractivity contribution >= 4 is 10.1 Å². The highest BCUT2D eigenvalue weighted by atomic mass is 32.2. The van der Waals surface area contributed by atoms with Crippen LogP contribution in [0.25, 0.3) is 0 Å². The van der Waals surface area contributed by atoms with Gasteiger partial charge in [-0.25, -0.2) is 0 Å². The van der Waals surface area contributed by atoms with E-state index in [0.29, 0.717) is 6.10 Å². The van der Waals surface area contributed by atoms with Gasteiger partial charge in [0.05, 0.1) is 25.1 Å². The number of hydrogen-bond acceptors (Lipinski definition) is 6. The molecule has 0 aromatic heterocycles. The van der Waals surface area contributed by atoms with E-state index < -0.39 is 22.5 Å². The van der Waals surface area contributed by atoms with Crippen LogP contribution in [-0.2, 0) is 14.9 Å². The lowest BCUT2D eigenvalue weighted by molar-refractivity contribution is 0.0252. The third-order valence-electron chi connectivity index (χ3n) is 1.84. The van der Waals surface area contributed by atoms with Gasteiger partial charge in [-0.2, -0.15) is 8.42 Å². The summed E-state index contributed by atoms with van der Waals surface area (Å²) in [4.78, 5) is 0. The summed E-state index contributed by atoms with van der Waals surface area (Å²) in [6.07, 6.45) is 1.34. The van der Waals surface area contributed by atoms with Crippen LogP contribution in [0, 0.1) is 0 Å². The third-order valence-corrected chi connectivity index (χ3v) is 2.54. The second-order valence-electron chi connectivity index (χ2n) is 3.28. The zero-order valence-corrected chi connectivity index (χ0v) is 9.95. The number of aliphatic hydroxyl groups excluding tert-OH is 1. The van der Waals surface area contributed by atoms with Crippen LogP contribution in [0.1, 0.15) is 6.42 Å². The van der Waals surface area contributed by atoms with E-state index in [1.54, 1.807) is 0 Å². The molecule has 0 aliphatic carbocycles. The second kappa shape index (κ2) is 8.85. The first kappa shape index (κ1) is 15.8. The zero-order valence-electron chi connectivity index (χ0n) is 9.13. The number of ether oxygens (including phenoxy) is 1. The number of nitrogens with one attached hydrogen (secondary N) is 1. The highest BCUT2D eigenvalue weighted by Crippen LogP contribution is 1.98. The third kappa shape index (κ3) is 10.3. The van der Waals surface area contributed by atoms with Gasteiger partial charge in [-0.15, -0.1) is 0 Å². The van der Waals surface area contributed by atoms with Gasteiger partial charge in [-0.3, -0.25) is 4.55 Å². The molecule has 0 aromatic rings. The molecule has 8 heteroatoms. The number of hydrogen-bond donors (Lipinski definition) is 4. The summed E-state index contributed by atoms with van der Waals surface area (Å²) in [6.45, 7) is 2.99. The van der Waals surface area contributed by atoms with E-state index in [4.69, 9.17) is 20.1 Å². The van der Waals surface area contributed by atoms with Gasteiger partial charge in [0.25, 0.3) is 10.1 Å². The van der Waals surface area contributed by atoms with Crippen LogP contribution in [0.3, 0.4) is 0 Å². The Morgan fingerprint density at radius 1 is 1.50 bits per heavy atom. The van der Waals surface area contributed by atoms with Crippen molar-refractivity contribution in [3.05, 3.63) is 0 Å². The van der Waals surface area contributed by atoms with Crippen LogP contribution >= 0.6 is 0 Å². The Kier molecular flexibility index (Phi) is 8.71.